The average molecular weight is 413 g/mol. The van der Waals surface area contributed by atoms with Crippen LogP contribution in [0.2, 0.25) is 0 Å². The number of rotatable bonds is 4. The van der Waals surface area contributed by atoms with Crippen LogP contribution in [0.3, 0.4) is 0 Å². The molecule has 0 aliphatic carbocycles. The largest absolute Gasteiger partial charge is 0.453 e. The Hall–Kier alpha value is -1.97. The van der Waals surface area contributed by atoms with E-state index < -0.39 is 22.0 Å². The number of piperazine rings is 1. The lowest BCUT2D eigenvalue weighted by atomic mass is 9.95. The zero-order valence-electron chi connectivity index (χ0n) is 17.4. The van der Waals surface area contributed by atoms with Gasteiger partial charge in [-0.3, -0.25) is 10.1 Å². The van der Waals surface area contributed by atoms with Gasteiger partial charge in [-0.2, -0.15) is 4.31 Å². The van der Waals surface area contributed by atoms with Crippen LogP contribution >= 0.6 is 0 Å². The molecule has 1 aromatic carbocycles. The highest BCUT2D eigenvalue weighted by Gasteiger charge is 2.34. The van der Waals surface area contributed by atoms with Gasteiger partial charge in [-0.15, -0.1) is 0 Å². The number of nitrogens with one attached hydrogen (secondary N) is 2. The second kappa shape index (κ2) is 8.59. The molecule has 0 bridgehead atoms. The van der Waals surface area contributed by atoms with E-state index in [9.17, 15) is 18.0 Å². The van der Waals surface area contributed by atoms with E-state index in [-0.39, 0.29) is 6.54 Å². The molecule has 0 unspecified atom stereocenters. The zero-order chi connectivity index (χ0) is 21.2. The quantitative estimate of drug-likeness (QED) is 0.726. The molecule has 0 saturated carbocycles. The van der Waals surface area contributed by atoms with Crippen LogP contribution in [-0.2, 0) is 19.6 Å². The summed E-state index contributed by atoms with van der Waals surface area (Å²) in [6.45, 7) is 11.4. The minimum absolute atomic E-state index is 0.101. The number of hydrogen-bond acceptors (Lipinski definition) is 5. The molecule has 8 nitrogen and oxygen atoms in total. The molecule has 2 rings (SSSR count). The van der Waals surface area contributed by atoms with Gasteiger partial charge >= 0.3 is 6.09 Å². The standard InChI is InChI=1S/C19H29N3O5S/c1-12-13(2)15(4)18(16(5)14(12)3)28(25,26)22-9-7-21(8-10-22)11-17(23)20-19(24)27-6/h7-11H2,1-6H3,(H,20,23,24)/p+1. The molecule has 28 heavy (non-hydrogen) atoms. The van der Waals surface area contributed by atoms with Crippen molar-refractivity contribution in [1.82, 2.24) is 9.62 Å². The number of benzene rings is 1. The lowest BCUT2D eigenvalue weighted by Gasteiger charge is -2.32. The van der Waals surface area contributed by atoms with Gasteiger partial charge in [0.15, 0.2) is 6.54 Å². The number of carbonyl (C=O) groups excluding carboxylic acids is 2. The number of nitrogens with zero attached hydrogens (tertiary/aromatic N) is 1. The van der Waals surface area contributed by atoms with Gasteiger partial charge < -0.3 is 9.64 Å². The van der Waals surface area contributed by atoms with Crippen LogP contribution in [0.4, 0.5) is 4.79 Å². The van der Waals surface area contributed by atoms with E-state index in [0.717, 1.165) is 32.7 Å². The number of methoxy groups -OCH3 is 1. The molecule has 9 heteroatoms. The van der Waals surface area contributed by atoms with Crippen molar-refractivity contribution in [3.05, 3.63) is 27.8 Å². The first kappa shape index (κ1) is 22.3. The molecule has 1 aliphatic rings. The Bertz CT molecular complexity index is 858. The second-order valence-corrected chi connectivity index (χ2v) is 9.20. The number of alkyl carbamates (subject to hydrolysis) is 1. The summed E-state index contributed by atoms with van der Waals surface area (Å²) in [6.07, 6.45) is -0.790. The van der Waals surface area contributed by atoms with Crippen LogP contribution < -0.4 is 10.2 Å². The van der Waals surface area contributed by atoms with Crippen LogP contribution in [0, 0.1) is 34.6 Å². The summed E-state index contributed by atoms with van der Waals surface area (Å²) in [6, 6.07) is 0. The first-order valence-corrected chi connectivity index (χ1v) is 10.7. The van der Waals surface area contributed by atoms with Gasteiger partial charge in [0.2, 0.25) is 10.0 Å². The summed E-state index contributed by atoms with van der Waals surface area (Å²) >= 11 is 0. The van der Waals surface area contributed by atoms with Crippen molar-refractivity contribution in [1.29, 1.82) is 0 Å². The predicted octanol–water partition coefficient (Wildman–Crippen LogP) is 0.000500. The van der Waals surface area contributed by atoms with E-state index in [0.29, 0.717) is 31.1 Å². The van der Waals surface area contributed by atoms with E-state index in [2.05, 4.69) is 10.1 Å². The summed E-state index contributed by atoms with van der Waals surface area (Å²) in [5.41, 5.74) is 4.73. The number of carbonyl (C=O) groups is 2. The molecule has 1 saturated heterocycles. The fourth-order valence-electron chi connectivity index (χ4n) is 3.64. The average Bonchev–Trinajstić information content (AvgIpc) is 2.65. The Morgan fingerprint density at radius 2 is 1.43 bits per heavy atom. The maximum Gasteiger partial charge on any atom is 0.413 e. The minimum atomic E-state index is -3.61. The smallest absolute Gasteiger partial charge is 0.413 e. The van der Waals surface area contributed by atoms with Crippen molar-refractivity contribution in [2.75, 3.05) is 39.8 Å². The third-order valence-electron chi connectivity index (χ3n) is 5.80. The number of amides is 2. The molecule has 0 aromatic heterocycles. The summed E-state index contributed by atoms with van der Waals surface area (Å²) in [5, 5.41) is 2.12. The number of imide groups is 1. The molecular weight excluding hydrogens is 382 g/mol. The monoisotopic (exact) mass is 412 g/mol. The molecule has 156 valence electrons. The van der Waals surface area contributed by atoms with E-state index in [1.165, 1.54) is 11.4 Å². The highest BCUT2D eigenvalue weighted by Crippen LogP contribution is 2.31. The van der Waals surface area contributed by atoms with Crippen molar-refractivity contribution in [2.24, 2.45) is 0 Å². The van der Waals surface area contributed by atoms with Gasteiger partial charge in [-0.1, -0.05) is 0 Å². The topological polar surface area (TPSA) is 97.2 Å². The number of hydrogen-bond donors (Lipinski definition) is 2. The highest BCUT2D eigenvalue weighted by molar-refractivity contribution is 7.89. The van der Waals surface area contributed by atoms with Crippen molar-refractivity contribution < 1.29 is 27.6 Å². The summed E-state index contributed by atoms with van der Waals surface area (Å²) < 4.78 is 32.6. The fourth-order valence-corrected chi connectivity index (χ4v) is 5.64. The Morgan fingerprint density at radius 1 is 0.964 bits per heavy atom. The van der Waals surface area contributed by atoms with Crippen LogP contribution in [0.5, 0.6) is 0 Å². The van der Waals surface area contributed by atoms with Crippen LogP contribution in [0.15, 0.2) is 4.90 Å². The summed E-state index contributed by atoms with van der Waals surface area (Å²) in [4.78, 5) is 24.2. The van der Waals surface area contributed by atoms with E-state index in [1.54, 1.807) is 0 Å². The Balaban J connectivity index is 2.14. The number of ether oxygens (including phenoxy) is 1. The van der Waals surface area contributed by atoms with Crippen molar-refractivity contribution in [2.45, 2.75) is 39.5 Å². The molecule has 1 aromatic rings. The molecular formula is C19H30N3O5S+. The van der Waals surface area contributed by atoms with Crippen LogP contribution in [-0.4, -0.2) is 64.6 Å². The molecule has 0 atom stereocenters. The molecule has 2 amide bonds. The Kier molecular flexibility index (Phi) is 6.84. The lowest BCUT2D eigenvalue weighted by Crippen LogP contribution is -3.15. The highest BCUT2D eigenvalue weighted by atomic mass is 32.2. The predicted molar refractivity (Wildman–Crippen MR) is 105 cm³/mol. The molecule has 1 fully saturated rings. The molecule has 1 heterocycles. The number of sulfonamides is 1. The normalized spacial score (nSPS) is 16.1. The first-order valence-electron chi connectivity index (χ1n) is 9.29. The first-order chi connectivity index (χ1) is 13.0. The summed E-state index contributed by atoms with van der Waals surface area (Å²) in [7, 11) is -2.42. The van der Waals surface area contributed by atoms with Gasteiger partial charge in [-0.25, -0.2) is 13.2 Å². The third-order valence-corrected chi connectivity index (χ3v) is 7.97. The molecule has 0 radical (unpaired) electrons. The van der Waals surface area contributed by atoms with Crippen molar-refractivity contribution in [3.63, 3.8) is 0 Å². The Morgan fingerprint density at radius 3 is 1.89 bits per heavy atom. The van der Waals surface area contributed by atoms with Gasteiger partial charge in [0, 0.05) is 0 Å². The van der Waals surface area contributed by atoms with E-state index in [1.807, 2.05) is 34.6 Å². The molecule has 0 spiro atoms. The molecule has 1 aliphatic heterocycles. The van der Waals surface area contributed by atoms with E-state index in [4.69, 9.17) is 0 Å². The second-order valence-electron chi connectivity index (χ2n) is 7.32. The van der Waals surface area contributed by atoms with Crippen LogP contribution in [0.25, 0.3) is 0 Å². The maximum absolute atomic E-state index is 13.3. The summed E-state index contributed by atoms with van der Waals surface area (Å²) in [5.74, 6) is -0.436. The van der Waals surface area contributed by atoms with Gasteiger partial charge in [0.05, 0.1) is 38.2 Å². The van der Waals surface area contributed by atoms with E-state index >= 15 is 0 Å². The van der Waals surface area contributed by atoms with Gasteiger partial charge in [0.1, 0.15) is 0 Å². The SMILES string of the molecule is COC(=O)NC(=O)C[NH+]1CCN(S(=O)(=O)c2c(C)c(C)c(C)c(C)c2C)CC1. The Labute approximate surface area is 166 Å². The van der Waals surface area contributed by atoms with Crippen molar-refractivity contribution >= 4 is 22.0 Å². The minimum Gasteiger partial charge on any atom is -0.453 e. The lowest BCUT2D eigenvalue weighted by molar-refractivity contribution is -0.895. The number of quaternary nitrogens is 1. The van der Waals surface area contributed by atoms with Gasteiger partial charge in [-0.05, 0) is 62.4 Å². The fraction of sp³-hybridized carbons (Fsp3) is 0.579. The zero-order valence-corrected chi connectivity index (χ0v) is 18.2. The third kappa shape index (κ3) is 4.37. The maximum atomic E-state index is 13.3. The van der Waals surface area contributed by atoms with Crippen LogP contribution in [0.1, 0.15) is 27.8 Å². The van der Waals surface area contributed by atoms with Crippen molar-refractivity contribution in [3.8, 4) is 0 Å². The van der Waals surface area contributed by atoms with Gasteiger partial charge in [0.25, 0.3) is 5.91 Å². The molecule has 2 N–H and O–H groups in total.